The van der Waals surface area contributed by atoms with Crippen LogP contribution in [0, 0.1) is 5.92 Å². The fraction of sp³-hybridized carbons (Fsp3) is 0.667. The molecule has 0 aliphatic carbocycles. The Bertz CT molecular complexity index is 482. The highest BCUT2D eigenvalue weighted by atomic mass is 16.5. The van der Waals surface area contributed by atoms with Gasteiger partial charge in [0.1, 0.15) is 6.54 Å². The van der Waals surface area contributed by atoms with Crippen LogP contribution in [-0.4, -0.2) is 63.7 Å². The van der Waals surface area contributed by atoms with Crippen molar-refractivity contribution in [2.24, 2.45) is 5.92 Å². The lowest BCUT2D eigenvalue weighted by molar-refractivity contribution is -0.137. The lowest BCUT2D eigenvalue weighted by Crippen LogP contribution is -2.34. The molecule has 1 amide bonds. The molecule has 1 aromatic heterocycles. The Morgan fingerprint density at radius 2 is 2.20 bits per heavy atom. The second kappa shape index (κ2) is 6.47. The Kier molecular flexibility index (Phi) is 4.67. The minimum absolute atomic E-state index is 0.167. The van der Waals surface area contributed by atoms with Crippen LogP contribution in [0.25, 0.3) is 0 Å². The van der Waals surface area contributed by atoms with Crippen molar-refractivity contribution in [3.8, 4) is 0 Å². The van der Waals surface area contributed by atoms with Crippen molar-refractivity contribution in [2.75, 3.05) is 26.8 Å². The zero-order chi connectivity index (χ0) is 14.5. The predicted molar refractivity (Wildman–Crippen MR) is 68.2 cm³/mol. The first-order valence-corrected chi connectivity index (χ1v) is 6.51. The lowest BCUT2D eigenvalue weighted by atomic mass is 10.00. The van der Waals surface area contributed by atoms with E-state index in [9.17, 15) is 9.59 Å². The first-order chi connectivity index (χ1) is 9.56. The molecule has 0 aromatic carbocycles. The van der Waals surface area contributed by atoms with Crippen molar-refractivity contribution in [1.82, 2.24) is 19.9 Å². The molecule has 1 saturated heterocycles. The number of carbonyl (C=O) groups excluding carboxylic acids is 1. The molecule has 1 aromatic rings. The van der Waals surface area contributed by atoms with Crippen molar-refractivity contribution in [3.05, 3.63) is 11.9 Å². The van der Waals surface area contributed by atoms with E-state index in [4.69, 9.17) is 9.84 Å². The minimum Gasteiger partial charge on any atom is -0.480 e. The number of carboxylic acids is 1. The molecule has 2 heterocycles. The quantitative estimate of drug-likeness (QED) is 0.807. The van der Waals surface area contributed by atoms with Crippen molar-refractivity contribution < 1.29 is 19.4 Å². The van der Waals surface area contributed by atoms with Gasteiger partial charge < -0.3 is 14.7 Å². The number of hydrogen-bond donors (Lipinski definition) is 1. The van der Waals surface area contributed by atoms with E-state index in [1.165, 1.54) is 6.20 Å². The summed E-state index contributed by atoms with van der Waals surface area (Å²) in [5.74, 6) is -0.829. The standard InChI is InChI=1S/C12H18N4O4/c1-15(6-9-2-4-20-5-3-9)12(19)10-7-16(14-13-10)8-11(17)18/h7,9H,2-6,8H2,1H3,(H,17,18). The molecule has 0 spiro atoms. The molecule has 0 saturated carbocycles. The van der Waals surface area contributed by atoms with Crippen molar-refractivity contribution in [3.63, 3.8) is 0 Å². The summed E-state index contributed by atoms with van der Waals surface area (Å²) in [6, 6.07) is 0. The van der Waals surface area contributed by atoms with Gasteiger partial charge in [-0.3, -0.25) is 9.59 Å². The van der Waals surface area contributed by atoms with Crippen molar-refractivity contribution in [2.45, 2.75) is 19.4 Å². The van der Waals surface area contributed by atoms with Gasteiger partial charge in [0.2, 0.25) is 0 Å². The van der Waals surface area contributed by atoms with E-state index in [2.05, 4.69) is 10.3 Å². The second-order valence-corrected chi connectivity index (χ2v) is 4.94. The number of carbonyl (C=O) groups is 2. The summed E-state index contributed by atoms with van der Waals surface area (Å²) in [6.45, 7) is 1.82. The summed E-state index contributed by atoms with van der Waals surface area (Å²) in [4.78, 5) is 24.3. The van der Waals surface area contributed by atoms with Gasteiger partial charge in [-0.25, -0.2) is 4.68 Å². The fourth-order valence-corrected chi connectivity index (χ4v) is 2.21. The average molecular weight is 282 g/mol. The lowest BCUT2D eigenvalue weighted by Gasteiger charge is -2.26. The van der Waals surface area contributed by atoms with Gasteiger partial charge in [0, 0.05) is 26.8 Å². The molecule has 0 bridgehead atoms. The number of carboxylic acid groups (broad SMARTS) is 1. The number of rotatable bonds is 5. The van der Waals surface area contributed by atoms with Gasteiger partial charge in [0.05, 0.1) is 6.20 Å². The van der Waals surface area contributed by atoms with E-state index in [1.807, 2.05) is 0 Å². The summed E-state index contributed by atoms with van der Waals surface area (Å²) in [7, 11) is 1.72. The van der Waals surface area contributed by atoms with Gasteiger partial charge in [-0.2, -0.15) is 0 Å². The Labute approximate surface area is 116 Å². The predicted octanol–water partition coefficient (Wildman–Crippen LogP) is -0.139. The van der Waals surface area contributed by atoms with Crippen molar-refractivity contribution in [1.29, 1.82) is 0 Å². The summed E-state index contributed by atoms with van der Waals surface area (Å²) in [5.41, 5.74) is 0.167. The molecule has 0 radical (unpaired) electrons. The zero-order valence-electron chi connectivity index (χ0n) is 11.4. The normalized spacial score (nSPS) is 16.1. The van der Waals surface area contributed by atoms with Gasteiger partial charge in [-0.1, -0.05) is 5.21 Å². The summed E-state index contributed by atoms with van der Waals surface area (Å²) in [5, 5.41) is 16.0. The zero-order valence-corrected chi connectivity index (χ0v) is 11.4. The number of aliphatic carboxylic acids is 1. The van der Waals surface area contributed by atoms with Crippen LogP contribution in [0.5, 0.6) is 0 Å². The molecule has 0 atom stereocenters. The first kappa shape index (κ1) is 14.4. The van der Waals surface area contributed by atoms with Gasteiger partial charge >= 0.3 is 5.97 Å². The molecule has 0 unspecified atom stereocenters. The van der Waals surface area contributed by atoms with Crippen LogP contribution in [-0.2, 0) is 16.1 Å². The van der Waals surface area contributed by atoms with Crippen molar-refractivity contribution >= 4 is 11.9 Å². The molecule has 8 nitrogen and oxygen atoms in total. The number of ether oxygens (including phenoxy) is 1. The smallest absolute Gasteiger partial charge is 0.325 e. The molecular formula is C12H18N4O4. The molecule has 8 heteroatoms. The number of aromatic nitrogens is 3. The Morgan fingerprint density at radius 1 is 1.50 bits per heavy atom. The van der Waals surface area contributed by atoms with Gasteiger partial charge in [-0.05, 0) is 18.8 Å². The van der Waals surface area contributed by atoms with Crippen LogP contribution in [0.4, 0.5) is 0 Å². The molecule has 1 N–H and O–H groups in total. The highest BCUT2D eigenvalue weighted by Crippen LogP contribution is 2.16. The maximum absolute atomic E-state index is 12.1. The Balaban J connectivity index is 1.91. The van der Waals surface area contributed by atoms with E-state index in [-0.39, 0.29) is 18.1 Å². The summed E-state index contributed by atoms with van der Waals surface area (Å²) < 4.78 is 6.42. The van der Waals surface area contributed by atoms with Gasteiger partial charge in [0.15, 0.2) is 5.69 Å². The largest absolute Gasteiger partial charge is 0.480 e. The molecule has 110 valence electrons. The van der Waals surface area contributed by atoms with Gasteiger partial charge in [-0.15, -0.1) is 5.10 Å². The molecule has 1 fully saturated rings. The van der Waals surface area contributed by atoms with Crippen LogP contribution in [0.1, 0.15) is 23.3 Å². The van der Waals surface area contributed by atoms with Crippen LogP contribution >= 0.6 is 0 Å². The Morgan fingerprint density at radius 3 is 2.85 bits per heavy atom. The number of amides is 1. The molecule has 1 aliphatic heterocycles. The average Bonchev–Trinajstić information content (AvgIpc) is 2.86. The minimum atomic E-state index is -1.02. The number of hydrogen-bond acceptors (Lipinski definition) is 5. The van der Waals surface area contributed by atoms with Crippen LogP contribution in [0.3, 0.4) is 0 Å². The highest BCUT2D eigenvalue weighted by Gasteiger charge is 2.21. The van der Waals surface area contributed by atoms with Crippen LogP contribution in [0.2, 0.25) is 0 Å². The third-order valence-corrected chi connectivity index (χ3v) is 3.27. The summed E-state index contributed by atoms with van der Waals surface area (Å²) in [6.07, 6.45) is 3.25. The van der Waals surface area contributed by atoms with E-state index < -0.39 is 5.97 Å². The SMILES string of the molecule is CN(CC1CCOCC1)C(=O)c1cn(CC(=O)O)nn1. The highest BCUT2D eigenvalue weighted by molar-refractivity contribution is 5.91. The topological polar surface area (TPSA) is 97.5 Å². The molecule has 1 aliphatic rings. The molecule has 2 rings (SSSR count). The Hall–Kier alpha value is -1.96. The van der Waals surface area contributed by atoms with Crippen LogP contribution < -0.4 is 0 Å². The van der Waals surface area contributed by atoms with E-state index in [1.54, 1.807) is 11.9 Å². The van der Waals surface area contributed by atoms with E-state index >= 15 is 0 Å². The van der Waals surface area contributed by atoms with Crippen LogP contribution in [0.15, 0.2) is 6.20 Å². The molecule has 20 heavy (non-hydrogen) atoms. The molecular weight excluding hydrogens is 264 g/mol. The third kappa shape index (κ3) is 3.77. The number of nitrogens with zero attached hydrogens (tertiary/aromatic N) is 4. The monoisotopic (exact) mass is 282 g/mol. The van der Waals surface area contributed by atoms with E-state index in [0.717, 1.165) is 30.7 Å². The van der Waals surface area contributed by atoms with Gasteiger partial charge in [0.25, 0.3) is 5.91 Å². The maximum Gasteiger partial charge on any atom is 0.325 e. The second-order valence-electron chi connectivity index (χ2n) is 4.94. The third-order valence-electron chi connectivity index (χ3n) is 3.27. The summed E-state index contributed by atoms with van der Waals surface area (Å²) >= 11 is 0. The fourth-order valence-electron chi connectivity index (χ4n) is 2.21. The maximum atomic E-state index is 12.1. The van der Waals surface area contributed by atoms with E-state index in [0.29, 0.717) is 12.5 Å². The first-order valence-electron chi connectivity index (χ1n) is 6.51.